The minimum absolute atomic E-state index is 0.0478. The molecule has 0 spiro atoms. The van der Waals surface area contributed by atoms with Crippen molar-refractivity contribution < 1.29 is 13.6 Å². The fourth-order valence-corrected chi connectivity index (χ4v) is 0.911. The van der Waals surface area contributed by atoms with E-state index in [4.69, 9.17) is 26.0 Å². The van der Waals surface area contributed by atoms with E-state index in [-0.39, 0.29) is 33.6 Å². The first kappa shape index (κ1) is 6.65. The predicted molar refractivity (Wildman–Crippen MR) is 40.7 cm³/mol. The molecule has 2 heterocycles. The minimum atomic E-state index is -0.324. The molecule has 0 radical (unpaired) electrons. The second kappa shape index (κ2) is 1.76. The largest absolute Gasteiger partial charge is 0.706 e. The highest BCUT2D eigenvalue weighted by molar-refractivity contribution is 5.87. The Kier molecular flexibility index (Phi) is 0.972. The average Bonchev–Trinajstić information content (AvgIpc) is 2.43. The summed E-state index contributed by atoms with van der Waals surface area (Å²) in [4.78, 5) is 0. The molecule has 0 amide bonds. The summed E-state index contributed by atoms with van der Waals surface area (Å²) >= 11 is 0. The van der Waals surface area contributed by atoms with Crippen molar-refractivity contribution in [2.45, 2.75) is 0 Å². The van der Waals surface area contributed by atoms with E-state index < -0.39 is 0 Å². The number of oxazole rings is 1. The van der Waals surface area contributed by atoms with Gasteiger partial charge in [0, 0.05) is 0 Å². The fraction of sp³-hybridized carbons (Fsp3) is 0. The quantitative estimate of drug-likeness (QED) is 0.357. The molecule has 0 saturated heterocycles. The van der Waals surface area contributed by atoms with E-state index in [9.17, 15) is 5.21 Å². The number of nitrogens with zero attached hydrogens (tertiary/aromatic N) is 1. The zero-order valence-corrected chi connectivity index (χ0v) is 5.90. The normalized spacial score (nSPS) is 11.0. The fourth-order valence-electron chi connectivity index (χ4n) is 0.911. The zero-order chi connectivity index (χ0) is 8.88. The lowest BCUT2D eigenvalue weighted by molar-refractivity contribution is -0.572. The first-order valence-corrected chi connectivity index (χ1v) is 3.06. The van der Waals surface area contributed by atoms with Crippen molar-refractivity contribution in [3.05, 3.63) is 5.21 Å². The van der Waals surface area contributed by atoms with Crippen molar-refractivity contribution in [1.29, 1.82) is 0 Å². The van der Waals surface area contributed by atoms with Gasteiger partial charge in [-0.15, -0.1) is 0 Å². The Balaban J connectivity index is 2.93. The summed E-state index contributed by atoms with van der Waals surface area (Å²) < 4.78 is 9.84. The highest BCUT2D eigenvalue weighted by Crippen LogP contribution is 2.29. The summed E-state index contributed by atoms with van der Waals surface area (Å²) in [5, 5.41) is 11.0. The lowest BCUT2D eigenvalue weighted by atomic mass is 10.5. The molecule has 0 aliphatic rings. The van der Waals surface area contributed by atoms with E-state index >= 15 is 0 Å². The summed E-state index contributed by atoms with van der Waals surface area (Å²) in [5.74, 6) is -0.0478. The van der Waals surface area contributed by atoms with Gasteiger partial charge in [-0.3, -0.25) is 5.73 Å². The van der Waals surface area contributed by atoms with Gasteiger partial charge < -0.3 is 25.5 Å². The number of rotatable bonds is 0. The molecule has 2 rings (SSSR count). The smallest absolute Gasteiger partial charge is 0.459 e. The Morgan fingerprint density at radius 2 is 1.83 bits per heavy atom. The van der Waals surface area contributed by atoms with Crippen LogP contribution >= 0.6 is 0 Å². The van der Waals surface area contributed by atoms with Crippen LogP contribution in [0.1, 0.15) is 0 Å². The molecule has 2 aromatic heterocycles. The Morgan fingerprint density at radius 3 is 2.42 bits per heavy atom. The van der Waals surface area contributed by atoms with Gasteiger partial charge in [0.05, 0.1) is 0 Å². The molecule has 0 bridgehead atoms. The van der Waals surface area contributed by atoms with Gasteiger partial charge in [0.1, 0.15) is 5.69 Å². The third-order valence-corrected chi connectivity index (χ3v) is 1.50. The molecular weight excluding hydrogens is 164 g/mol. The standard InChI is InChI=1S/C5H6N4O3/c6-1-2-4(12-3(1)7)9(10)5(8)11-2/h6-8H2. The second-order valence-corrected chi connectivity index (χ2v) is 2.25. The maximum Gasteiger partial charge on any atom is 0.459 e. The number of hydrogen-bond donors (Lipinski definition) is 3. The Labute approximate surface area is 65.9 Å². The van der Waals surface area contributed by atoms with Crippen LogP contribution in [0, 0.1) is 5.21 Å². The van der Waals surface area contributed by atoms with Gasteiger partial charge in [-0.05, 0) is 0 Å². The number of aromatic nitrogens is 1. The molecular formula is C5H6N4O3. The zero-order valence-electron chi connectivity index (χ0n) is 5.90. The summed E-state index contributed by atoms with van der Waals surface area (Å²) in [7, 11) is 0. The van der Waals surface area contributed by atoms with Crippen LogP contribution < -0.4 is 21.9 Å². The van der Waals surface area contributed by atoms with Gasteiger partial charge in [0.2, 0.25) is 11.5 Å². The van der Waals surface area contributed by atoms with Crippen LogP contribution in [0.4, 0.5) is 17.6 Å². The molecule has 7 nitrogen and oxygen atoms in total. The van der Waals surface area contributed by atoms with Gasteiger partial charge in [0.25, 0.3) is 0 Å². The third-order valence-electron chi connectivity index (χ3n) is 1.50. The maximum absolute atomic E-state index is 11.0. The Morgan fingerprint density at radius 1 is 1.17 bits per heavy atom. The van der Waals surface area contributed by atoms with E-state index in [1.165, 1.54) is 0 Å². The van der Waals surface area contributed by atoms with Crippen LogP contribution in [0.5, 0.6) is 0 Å². The highest BCUT2D eigenvalue weighted by atomic mass is 16.5. The molecule has 7 heteroatoms. The average molecular weight is 170 g/mol. The van der Waals surface area contributed by atoms with E-state index in [0.717, 1.165) is 0 Å². The summed E-state index contributed by atoms with van der Waals surface area (Å²) in [6.07, 6.45) is 0. The number of fused-ring (bicyclic) bond motifs is 1. The number of furan rings is 1. The number of nitrogen functional groups attached to an aromatic ring is 3. The number of anilines is 3. The van der Waals surface area contributed by atoms with Crippen molar-refractivity contribution in [1.82, 2.24) is 0 Å². The van der Waals surface area contributed by atoms with Gasteiger partial charge in [-0.2, -0.15) is 4.73 Å². The molecule has 0 aliphatic heterocycles. The molecule has 6 N–H and O–H groups in total. The van der Waals surface area contributed by atoms with Gasteiger partial charge >= 0.3 is 11.7 Å². The molecule has 0 fully saturated rings. The monoisotopic (exact) mass is 170 g/mol. The Bertz CT molecular complexity index is 401. The van der Waals surface area contributed by atoms with Crippen molar-refractivity contribution in [3.8, 4) is 0 Å². The molecule has 0 aliphatic carbocycles. The van der Waals surface area contributed by atoms with Crippen LogP contribution in [0.15, 0.2) is 8.83 Å². The van der Waals surface area contributed by atoms with E-state index in [1.54, 1.807) is 0 Å². The van der Waals surface area contributed by atoms with E-state index in [2.05, 4.69) is 0 Å². The van der Waals surface area contributed by atoms with Gasteiger partial charge in [0.15, 0.2) is 0 Å². The number of nitrogens with two attached hydrogens (primary N) is 3. The van der Waals surface area contributed by atoms with Crippen molar-refractivity contribution in [3.63, 3.8) is 0 Å². The number of hydrogen-bond acceptors (Lipinski definition) is 6. The van der Waals surface area contributed by atoms with Crippen LogP contribution in [-0.2, 0) is 0 Å². The summed E-state index contributed by atoms with van der Waals surface area (Å²) in [6, 6.07) is -0.324. The van der Waals surface area contributed by atoms with Crippen LogP contribution in [0.3, 0.4) is 0 Å². The van der Waals surface area contributed by atoms with Gasteiger partial charge in [-0.1, -0.05) is 0 Å². The molecule has 64 valence electrons. The van der Waals surface area contributed by atoms with Crippen LogP contribution in [0.2, 0.25) is 0 Å². The predicted octanol–water partition coefficient (Wildman–Crippen LogP) is -0.594. The summed E-state index contributed by atoms with van der Waals surface area (Å²) in [5.41, 5.74) is 15.9. The molecule has 0 aromatic carbocycles. The van der Waals surface area contributed by atoms with Crippen molar-refractivity contribution >= 4 is 28.9 Å². The van der Waals surface area contributed by atoms with E-state index in [1.807, 2.05) is 0 Å². The first-order chi connectivity index (χ1) is 5.61. The molecule has 0 saturated carbocycles. The maximum atomic E-state index is 11.0. The first-order valence-electron chi connectivity index (χ1n) is 3.06. The topological polar surface area (TPSA) is 131 Å². The molecule has 0 atom stereocenters. The van der Waals surface area contributed by atoms with Gasteiger partial charge in [-0.25, -0.2) is 0 Å². The Hall–Kier alpha value is -2.05. The molecule has 2 aromatic rings. The SMILES string of the molecule is Nc1oc2c(oc(N)[n+]2[O-])c1N. The van der Waals surface area contributed by atoms with Crippen molar-refractivity contribution in [2.75, 3.05) is 17.2 Å². The van der Waals surface area contributed by atoms with E-state index in [0.29, 0.717) is 0 Å². The highest BCUT2D eigenvalue weighted by Gasteiger charge is 2.21. The summed E-state index contributed by atoms with van der Waals surface area (Å²) in [6.45, 7) is 0. The lowest BCUT2D eigenvalue weighted by Crippen LogP contribution is -2.27. The lowest BCUT2D eigenvalue weighted by Gasteiger charge is -1.92. The van der Waals surface area contributed by atoms with Crippen molar-refractivity contribution in [2.24, 2.45) is 0 Å². The van der Waals surface area contributed by atoms with Crippen LogP contribution in [0.25, 0.3) is 11.3 Å². The molecule has 0 unspecified atom stereocenters. The second-order valence-electron chi connectivity index (χ2n) is 2.25. The minimum Gasteiger partial charge on any atom is -0.706 e. The van der Waals surface area contributed by atoms with Crippen LogP contribution in [-0.4, -0.2) is 0 Å². The molecule has 12 heavy (non-hydrogen) atoms. The third kappa shape index (κ3) is 0.570.